The summed E-state index contributed by atoms with van der Waals surface area (Å²) in [6, 6.07) is 0. The first-order valence-corrected chi connectivity index (χ1v) is 10.6. The molecule has 1 unspecified atom stereocenters. The summed E-state index contributed by atoms with van der Waals surface area (Å²) in [5.74, 6) is 1.02. The number of hydrogen-bond acceptors (Lipinski definition) is 4. The molecule has 0 aliphatic carbocycles. The second-order valence-electron chi connectivity index (χ2n) is 6.90. The zero-order valence-electron chi connectivity index (χ0n) is 14.1. The maximum Gasteiger partial charge on any atom is 0.211 e. The van der Waals surface area contributed by atoms with Crippen molar-refractivity contribution in [3.63, 3.8) is 0 Å². The van der Waals surface area contributed by atoms with Crippen molar-refractivity contribution >= 4 is 10.0 Å². The highest BCUT2D eigenvalue weighted by atomic mass is 32.2. The molecule has 2 aliphatic rings. The Hall–Kier alpha value is -0.170. The van der Waals surface area contributed by atoms with Gasteiger partial charge < -0.3 is 9.80 Å². The van der Waals surface area contributed by atoms with Crippen molar-refractivity contribution in [1.29, 1.82) is 0 Å². The van der Waals surface area contributed by atoms with E-state index in [2.05, 4.69) is 14.5 Å². The topological polar surface area (TPSA) is 52.7 Å². The number of nitrogens with one attached hydrogen (secondary N) is 1. The van der Waals surface area contributed by atoms with Gasteiger partial charge in [-0.3, -0.25) is 0 Å². The predicted molar refractivity (Wildman–Crippen MR) is 91.5 cm³/mol. The van der Waals surface area contributed by atoms with Crippen LogP contribution >= 0.6 is 0 Å². The van der Waals surface area contributed by atoms with Gasteiger partial charge in [0.25, 0.3) is 0 Å². The van der Waals surface area contributed by atoms with Gasteiger partial charge in [0.05, 0.1) is 5.75 Å². The Bertz CT molecular complexity index is 406. The van der Waals surface area contributed by atoms with Crippen LogP contribution in [0.2, 0.25) is 0 Å². The van der Waals surface area contributed by atoms with Crippen molar-refractivity contribution in [1.82, 2.24) is 14.5 Å². The largest absolute Gasteiger partial charge is 0.303 e. The Balaban J connectivity index is 1.69. The van der Waals surface area contributed by atoms with E-state index in [1.165, 1.54) is 65.2 Å². The summed E-state index contributed by atoms with van der Waals surface area (Å²) in [7, 11) is -1.55. The quantitative estimate of drug-likeness (QED) is 0.768. The van der Waals surface area contributed by atoms with Crippen LogP contribution in [0.1, 0.15) is 44.9 Å². The molecule has 0 amide bonds. The summed E-state index contributed by atoms with van der Waals surface area (Å²) in [5.41, 5.74) is 0. The molecule has 0 spiro atoms. The van der Waals surface area contributed by atoms with E-state index in [0.717, 1.165) is 32.0 Å². The summed E-state index contributed by atoms with van der Waals surface area (Å²) in [6.07, 6.45) is 8.84. The normalized spacial score (nSPS) is 26.0. The van der Waals surface area contributed by atoms with Crippen molar-refractivity contribution in [3.8, 4) is 0 Å². The van der Waals surface area contributed by atoms with Crippen LogP contribution in [0.25, 0.3) is 0 Å². The zero-order chi connectivity index (χ0) is 15.8. The van der Waals surface area contributed by atoms with Gasteiger partial charge in [-0.05, 0) is 71.2 Å². The van der Waals surface area contributed by atoms with Crippen molar-refractivity contribution < 1.29 is 8.42 Å². The molecule has 0 saturated carbocycles. The van der Waals surface area contributed by atoms with Gasteiger partial charge >= 0.3 is 0 Å². The summed E-state index contributed by atoms with van der Waals surface area (Å²) < 4.78 is 25.3. The molecule has 1 atom stereocenters. The number of nitrogens with zero attached hydrogens (tertiary/aromatic N) is 2. The first kappa shape index (κ1) is 18.2. The fourth-order valence-corrected chi connectivity index (χ4v) is 4.48. The van der Waals surface area contributed by atoms with E-state index in [1.54, 1.807) is 0 Å². The molecule has 2 heterocycles. The summed E-state index contributed by atoms with van der Waals surface area (Å²) in [4.78, 5) is 5.13. The Morgan fingerprint density at radius 3 is 2.36 bits per heavy atom. The third-order valence-electron chi connectivity index (χ3n) is 5.02. The monoisotopic (exact) mass is 331 g/mol. The zero-order valence-corrected chi connectivity index (χ0v) is 14.9. The van der Waals surface area contributed by atoms with E-state index in [1.807, 2.05) is 0 Å². The van der Waals surface area contributed by atoms with Crippen LogP contribution < -0.4 is 4.72 Å². The minimum Gasteiger partial charge on any atom is -0.303 e. The van der Waals surface area contributed by atoms with Crippen molar-refractivity contribution in [3.05, 3.63) is 0 Å². The average molecular weight is 332 g/mol. The molecular weight excluding hydrogens is 298 g/mol. The highest BCUT2D eigenvalue weighted by Crippen LogP contribution is 2.20. The summed E-state index contributed by atoms with van der Waals surface area (Å²) in [5, 5.41) is 0. The van der Waals surface area contributed by atoms with Crippen molar-refractivity contribution in [2.75, 3.05) is 52.1 Å². The molecule has 130 valence electrons. The van der Waals surface area contributed by atoms with Crippen LogP contribution in [0, 0.1) is 5.92 Å². The van der Waals surface area contributed by atoms with E-state index < -0.39 is 10.0 Å². The van der Waals surface area contributed by atoms with E-state index in [0.29, 0.717) is 0 Å². The second-order valence-corrected chi connectivity index (χ2v) is 8.95. The molecule has 2 saturated heterocycles. The number of hydrogen-bond donors (Lipinski definition) is 1. The van der Waals surface area contributed by atoms with Crippen LogP contribution in [0.5, 0.6) is 0 Å². The van der Waals surface area contributed by atoms with Gasteiger partial charge in [-0.15, -0.1) is 0 Å². The van der Waals surface area contributed by atoms with Crippen LogP contribution in [-0.2, 0) is 10.0 Å². The lowest BCUT2D eigenvalue weighted by atomic mass is 9.97. The molecule has 0 radical (unpaired) electrons. The van der Waals surface area contributed by atoms with Crippen molar-refractivity contribution in [2.45, 2.75) is 44.9 Å². The molecule has 0 bridgehead atoms. The van der Waals surface area contributed by atoms with Gasteiger partial charge in [0.15, 0.2) is 0 Å². The molecule has 2 rings (SSSR count). The van der Waals surface area contributed by atoms with Gasteiger partial charge in [0.2, 0.25) is 10.0 Å². The number of piperidine rings is 1. The number of likely N-dealkylation sites (tertiary alicyclic amines) is 2. The summed E-state index contributed by atoms with van der Waals surface area (Å²) >= 11 is 0. The molecule has 5 nitrogen and oxygen atoms in total. The Labute approximate surface area is 136 Å². The Morgan fingerprint density at radius 1 is 1.00 bits per heavy atom. The molecular formula is C16H33N3O2S. The van der Waals surface area contributed by atoms with Crippen molar-refractivity contribution in [2.24, 2.45) is 5.92 Å². The van der Waals surface area contributed by atoms with Gasteiger partial charge in [0, 0.05) is 13.1 Å². The standard InChI is InChI=1S/C16H33N3O2S/c1-17-22(20,21)13-7-12-19-11-6-8-16(15-19)14-18-9-4-2-3-5-10-18/h16-17H,2-15H2,1H3. The molecule has 0 aromatic rings. The summed E-state index contributed by atoms with van der Waals surface area (Å²) in [6.45, 7) is 6.99. The Kier molecular flexibility index (Phi) is 7.60. The van der Waals surface area contributed by atoms with Gasteiger partial charge in [-0.1, -0.05) is 12.8 Å². The van der Waals surface area contributed by atoms with E-state index in [4.69, 9.17) is 0 Å². The van der Waals surface area contributed by atoms with Crippen LogP contribution in [0.15, 0.2) is 0 Å². The van der Waals surface area contributed by atoms with E-state index >= 15 is 0 Å². The first-order chi connectivity index (χ1) is 10.6. The molecule has 2 aliphatic heterocycles. The van der Waals surface area contributed by atoms with Gasteiger partial charge in [-0.2, -0.15) is 0 Å². The first-order valence-electron chi connectivity index (χ1n) is 8.95. The third kappa shape index (κ3) is 6.52. The minimum absolute atomic E-state index is 0.247. The average Bonchev–Trinajstić information content (AvgIpc) is 2.76. The SMILES string of the molecule is CNS(=O)(=O)CCCN1CCCC(CN2CCCCCC2)C1. The smallest absolute Gasteiger partial charge is 0.211 e. The molecule has 22 heavy (non-hydrogen) atoms. The third-order valence-corrected chi connectivity index (χ3v) is 6.46. The highest BCUT2D eigenvalue weighted by Gasteiger charge is 2.22. The predicted octanol–water partition coefficient (Wildman–Crippen LogP) is 1.51. The fraction of sp³-hybridized carbons (Fsp3) is 1.00. The molecule has 1 N–H and O–H groups in total. The van der Waals surface area contributed by atoms with Crippen LogP contribution in [0.3, 0.4) is 0 Å². The molecule has 6 heteroatoms. The number of sulfonamides is 1. The van der Waals surface area contributed by atoms with E-state index in [-0.39, 0.29) is 5.75 Å². The second kappa shape index (κ2) is 9.21. The highest BCUT2D eigenvalue weighted by molar-refractivity contribution is 7.89. The lowest BCUT2D eigenvalue weighted by molar-refractivity contribution is 0.134. The Morgan fingerprint density at radius 2 is 1.68 bits per heavy atom. The van der Waals surface area contributed by atoms with Gasteiger partial charge in [-0.25, -0.2) is 13.1 Å². The lowest BCUT2D eigenvalue weighted by Gasteiger charge is -2.35. The van der Waals surface area contributed by atoms with Crippen LogP contribution in [-0.4, -0.2) is 70.3 Å². The van der Waals surface area contributed by atoms with Crippen LogP contribution in [0.4, 0.5) is 0 Å². The van der Waals surface area contributed by atoms with E-state index in [9.17, 15) is 8.42 Å². The molecule has 0 aromatic heterocycles. The fourth-order valence-electron chi connectivity index (χ4n) is 3.77. The lowest BCUT2D eigenvalue weighted by Crippen LogP contribution is -2.42. The molecule has 0 aromatic carbocycles. The maximum atomic E-state index is 11.5. The minimum atomic E-state index is -3.05. The maximum absolute atomic E-state index is 11.5. The van der Waals surface area contributed by atoms with Gasteiger partial charge in [0.1, 0.15) is 0 Å². The molecule has 2 fully saturated rings. The number of rotatable bonds is 7.